The van der Waals surface area contributed by atoms with Gasteiger partial charge in [-0.2, -0.15) is 0 Å². The Bertz CT molecular complexity index is 1150. The van der Waals surface area contributed by atoms with Gasteiger partial charge in [0.05, 0.1) is 4.90 Å². The van der Waals surface area contributed by atoms with E-state index in [-0.39, 0.29) is 10.8 Å². The summed E-state index contributed by atoms with van der Waals surface area (Å²) >= 11 is 0. The fourth-order valence-electron chi connectivity index (χ4n) is 3.48. The number of nitrogens with zero attached hydrogens (tertiary/aromatic N) is 1. The fraction of sp³-hybridized carbons (Fsp3) is 0.174. The van der Waals surface area contributed by atoms with Crippen LogP contribution in [-0.2, 0) is 23.0 Å². The lowest BCUT2D eigenvalue weighted by Gasteiger charge is -2.29. The Labute approximate surface area is 171 Å². The third kappa shape index (κ3) is 4.17. The number of anilines is 1. The van der Waals surface area contributed by atoms with E-state index < -0.39 is 10.0 Å². The van der Waals surface area contributed by atoms with E-state index in [0.29, 0.717) is 24.3 Å². The monoisotopic (exact) mass is 406 g/mol. The summed E-state index contributed by atoms with van der Waals surface area (Å²) in [7, 11) is -3.78. The number of aryl methyl sites for hydroxylation is 1. The smallest absolute Gasteiger partial charge is 0.261 e. The first-order valence-electron chi connectivity index (χ1n) is 9.48. The number of benzene rings is 3. The molecule has 0 atom stereocenters. The molecule has 3 aromatic carbocycles. The summed E-state index contributed by atoms with van der Waals surface area (Å²) in [5.41, 5.74) is 4.30. The van der Waals surface area contributed by atoms with Gasteiger partial charge in [0.25, 0.3) is 15.9 Å². The summed E-state index contributed by atoms with van der Waals surface area (Å²) in [6.07, 6.45) is 0.800. The Balaban J connectivity index is 1.55. The second kappa shape index (κ2) is 7.72. The van der Waals surface area contributed by atoms with Crippen LogP contribution in [-0.4, -0.2) is 25.8 Å². The molecule has 6 heteroatoms. The molecule has 1 heterocycles. The fourth-order valence-corrected chi connectivity index (χ4v) is 4.59. The molecule has 3 aromatic rings. The lowest BCUT2D eigenvalue weighted by molar-refractivity contribution is 0.0734. The van der Waals surface area contributed by atoms with Crippen molar-refractivity contribution in [2.24, 2.45) is 0 Å². The van der Waals surface area contributed by atoms with Crippen LogP contribution in [0.3, 0.4) is 0 Å². The number of carbonyl (C=O) groups excluding carboxylic acids is 1. The summed E-state index contributed by atoms with van der Waals surface area (Å²) in [6, 6.07) is 21.4. The molecular weight excluding hydrogens is 384 g/mol. The zero-order chi connectivity index (χ0) is 20.4. The molecular formula is C23H22N2O3S. The average Bonchev–Trinajstić information content (AvgIpc) is 2.74. The lowest BCUT2D eigenvalue weighted by Crippen LogP contribution is -2.36. The first kappa shape index (κ1) is 19.2. The van der Waals surface area contributed by atoms with Crippen LogP contribution in [0.25, 0.3) is 0 Å². The van der Waals surface area contributed by atoms with Crippen molar-refractivity contribution in [3.8, 4) is 0 Å². The summed E-state index contributed by atoms with van der Waals surface area (Å²) < 4.78 is 28.1. The molecule has 0 spiro atoms. The quantitative estimate of drug-likeness (QED) is 0.712. The molecule has 0 radical (unpaired) electrons. The first-order chi connectivity index (χ1) is 13.9. The average molecular weight is 407 g/mol. The van der Waals surface area contributed by atoms with Crippen molar-refractivity contribution in [2.75, 3.05) is 11.3 Å². The number of nitrogens with one attached hydrogen (secondary N) is 1. The van der Waals surface area contributed by atoms with Gasteiger partial charge in [-0.1, -0.05) is 48.0 Å². The van der Waals surface area contributed by atoms with Gasteiger partial charge in [-0.25, -0.2) is 8.42 Å². The number of sulfonamides is 1. The third-order valence-corrected chi connectivity index (χ3v) is 6.49. The molecule has 5 nitrogen and oxygen atoms in total. The summed E-state index contributed by atoms with van der Waals surface area (Å²) in [5, 5.41) is 0. The Hall–Kier alpha value is -3.12. The number of fused-ring (bicyclic) bond motifs is 1. The summed E-state index contributed by atoms with van der Waals surface area (Å²) in [4.78, 5) is 14.8. The van der Waals surface area contributed by atoms with Crippen LogP contribution in [0.4, 0.5) is 5.69 Å². The van der Waals surface area contributed by atoms with E-state index in [0.717, 1.165) is 17.5 Å². The molecule has 0 bridgehead atoms. The van der Waals surface area contributed by atoms with Crippen LogP contribution in [0.1, 0.15) is 27.0 Å². The lowest BCUT2D eigenvalue weighted by atomic mass is 9.99. The van der Waals surface area contributed by atoms with Gasteiger partial charge in [-0.15, -0.1) is 0 Å². The summed E-state index contributed by atoms with van der Waals surface area (Å²) in [6.45, 7) is 3.09. The first-order valence-corrected chi connectivity index (χ1v) is 11.0. The van der Waals surface area contributed by atoms with Gasteiger partial charge in [0, 0.05) is 24.3 Å². The van der Waals surface area contributed by atoms with Crippen molar-refractivity contribution in [1.29, 1.82) is 0 Å². The molecule has 0 unspecified atom stereocenters. The molecule has 0 fully saturated rings. The van der Waals surface area contributed by atoms with Gasteiger partial charge >= 0.3 is 0 Å². The number of carbonyl (C=O) groups is 1. The van der Waals surface area contributed by atoms with Gasteiger partial charge < -0.3 is 4.90 Å². The van der Waals surface area contributed by atoms with Crippen LogP contribution in [0, 0.1) is 6.92 Å². The van der Waals surface area contributed by atoms with Crippen molar-refractivity contribution in [2.45, 2.75) is 24.8 Å². The van der Waals surface area contributed by atoms with Gasteiger partial charge in [0.15, 0.2) is 0 Å². The van der Waals surface area contributed by atoms with Gasteiger partial charge in [0.2, 0.25) is 0 Å². The zero-order valence-corrected chi connectivity index (χ0v) is 16.9. The third-order valence-electron chi connectivity index (χ3n) is 5.11. The molecule has 0 saturated carbocycles. The maximum atomic E-state index is 13.0. The minimum absolute atomic E-state index is 0.0707. The van der Waals surface area contributed by atoms with Gasteiger partial charge in [-0.3, -0.25) is 9.52 Å². The maximum Gasteiger partial charge on any atom is 0.261 e. The van der Waals surface area contributed by atoms with Gasteiger partial charge in [-0.05, 0) is 54.8 Å². The molecule has 29 heavy (non-hydrogen) atoms. The van der Waals surface area contributed by atoms with Crippen molar-refractivity contribution < 1.29 is 13.2 Å². The predicted octanol–water partition coefficient (Wildman–Crippen LogP) is 3.99. The van der Waals surface area contributed by atoms with Crippen LogP contribution in [0.15, 0.2) is 77.7 Å². The van der Waals surface area contributed by atoms with E-state index in [4.69, 9.17) is 0 Å². The van der Waals surface area contributed by atoms with Crippen LogP contribution in [0.5, 0.6) is 0 Å². The molecule has 1 N–H and O–H groups in total. The maximum absolute atomic E-state index is 13.0. The molecule has 0 aromatic heterocycles. The SMILES string of the molecule is Cc1ccc(NS(=O)(=O)c2cccc(C(=O)N3CCc4ccccc4C3)c2)cc1. The molecule has 1 aliphatic rings. The van der Waals surface area contributed by atoms with Crippen molar-refractivity contribution in [3.63, 3.8) is 0 Å². The van der Waals surface area contributed by atoms with E-state index in [9.17, 15) is 13.2 Å². The Morgan fingerprint density at radius 1 is 0.931 bits per heavy atom. The Morgan fingerprint density at radius 3 is 2.41 bits per heavy atom. The predicted molar refractivity (Wildman–Crippen MR) is 113 cm³/mol. The Morgan fingerprint density at radius 2 is 1.66 bits per heavy atom. The van der Waals surface area contributed by atoms with Crippen LogP contribution in [0.2, 0.25) is 0 Å². The highest BCUT2D eigenvalue weighted by molar-refractivity contribution is 7.92. The standard InChI is InChI=1S/C23H22N2O3S/c1-17-9-11-21(12-10-17)24-29(27,28)22-8-4-7-19(15-22)23(26)25-14-13-18-5-2-3-6-20(18)16-25/h2-12,15,24H,13-14,16H2,1H3. The van der Waals surface area contributed by atoms with E-state index in [1.807, 2.05) is 37.3 Å². The number of rotatable bonds is 4. The highest BCUT2D eigenvalue weighted by Gasteiger charge is 2.23. The normalized spacial score (nSPS) is 13.6. The van der Waals surface area contributed by atoms with E-state index in [1.165, 1.54) is 17.7 Å². The minimum atomic E-state index is -3.78. The highest BCUT2D eigenvalue weighted by atomic mass is 32.2. The van der Waals surface area contributed by atoms with Crippen molar-refractivity contribution in [3.05, 3.63) is 95.1 Å². The van der Waals surface area contributed by atoms with Crippen LogP contribution < -0.4 is 4.72 Å². The topological polar surface area (TPSA) is 66.5 Å². The molecule has 0 aliphatic carbocycles. The molecule has 1 amide bonds. The largest absolute Gasteiger partial charge is 0.334 e. The van der Waals surface area contributed by atoms with E-state index in [2.05, 4.69) is 10.8 Å². The number of amides is 1. The second-order valence-corrected chi connectivity index (χ2v) is 8.93. The molecule has 1 aliphatic heterocycles. The highest BCUT2D eigenvalue weighted by Crippen LogP contribution is 2.22. The van der Waals surface area contributed by atoms with Gasteiger partial charge in [0.1, 0.15) is 0 Å². The number of hydrogen-bond donors (Lipinski definition) is 1. The van der Waals surface area contributed by atoms with Crippen LogP contribution >= 0.6 is 0 Å². The van der Waals surface area contributed by atoms with Crippen molar-refractivity contribution in [1.82, 2.24) is 4.90 Å². The zero-order valence-electron chi connectivity index (χ0n) is 16.1. The second-order valence-electron chi connectivity index (χ2n) is 7.24. The Kier molecular flexibility index (Phi) is 5.11. The number of hydrogen-bond acceptors (Lipinski definition) is 3. The van der Waals surface area contributed by atoms with E-state index >= 15 is 0 Å². The molecule has 148 valence electrons. The molecule has 4 rings (SSSR count). The summed E-state index contributed by atoms with van der Waals surface area (Å²) in [5.74, 6) is -0.160. The molecule has 0 saturated heterocycles. The minimum Gasteiger partial charge on any atom is -0.334 e. The van der Waals surface area contributed by atoms with E-state index in [1.54, 1.807) is 29.2 Å². The van der Waals surface area contributed by atoms with Crippen molar-refractivity contribution >= 4 is 21.6 Å².